The number of nitrogens with one attached hydrogen (secondary N) is 1. The number of ether oxygens (including phenoxy) is 1. The third-order valence-corrected chi connectivity index (χ3v) is 3.64. The Morgan fingerprint density at radius 3 is 2.83 bits per heavy atom. The minimum atomic E-state index is 0.630. The number of rotatable bonds is 3. The monoisotopic (exact) mass is 249 g/mol. The number of methoxy groups -OCH3 is 1. The average Bonchev–Trinajstić information content (AvgIpc) is 2.39. The summed E-state index contributed by atoms with van der Waals surface area (Å²) in [4.78, 5) is 13.4. The maximum Gasteiger partial charge on any atom is 0.228 e. The fourth-order valence-corrected chi connectivity index (χ4v) is 2.50. The van der Waals surface area contributed by atoms with E-state index in [0.717, 1.165) is 45.2 Å². The summed E-state index contributed by atoms with van der Waals surface area (Å²) >= 11 is 0. The van der Waals surface area contributed by atoms with Crippen LogP contribution in [0, 0.1) is 0 Å². The molecule has 98 valence electrons. The Morgan fingerprint density at radius 1 is 1.33 bits per heavy atom. The van der Waals surface area contributed by atoms with Gasteiger partial charge in [0, 0.05) is 57.6 Å². The van der Waals surface area contributed by atoms with Crippen LogP contribution in [0.1, 0.15) is 0 Å². The van der Waals surface area contributed by atoms with Crippen molar-refractivity contribution in [1.29, 1.82) is 0 Å². The van der Waals surface area contributed by atoms with E-state index >= 15 is 0 Å². The van der Waals surface area contributed by atoms with Crippen LogP contribution in [-0.2, 0) is 0 Å². The molecule has 0 aliphatic carbocycles. The molecule has 0 bridgehead atoms. The van der Waals surface area contributed by atoms with Crippen molar-refractivity contribution in [2.45, 2.75) is 6.04 Å². The Labute approximate surface area is 107 Å². The van der Waals surface area contributed by atoms with Crippen LogP contribution in [0.15, 0.2) is 12.3 Å². The summed E-state index contributed by atoms with van der Waals surface area (Å²) in [6.07, 6.45) is 1.75. The van der Waals surface area contributed by atoms with Gasteiger partial charge in [0.1, 0.15) is 0 Å². The summed E-state index contributed by atoms with van der Waals surface area (Å²) < 4.78 is 5.12. The lowest BCUT2D eigenvalue weighted by molar-refractivity contribution is 0.146. The largest absolute Gasteiger partial charge is 0.481 e. The molecule has 0 unspecified atom stereocenters. The molecule has 2 fully saturated rings. The lowest BCUT2D eigenvalue weighted by Gasteiger charge is -2.46. The highest BCUT2D eigenvalue weighted by Crippen LogP contribution is 2.21. The SMILES string of the molecule is COc1ccnc(N2CC(N3CCNCC3)C2)n1. The predicted octanol–water partition coefficient (Wildman–Crippen LogP) is -0.421. The van der Waals surface area contributed by atoms with E-state index in [2.05, 4.69) is 25.1 Å². The average molecular weight is 249 g/mol. The molecule has 6 heteroatoms. The van der Waals surface area contributed by atoms with Gasteiger partial charge in [-0.3, -0.25) is 4.90 Å². The minimum Gasteiger partial charge on any atom is -0.481 e. The summed E-state index contributed by atoms with van der Waals surface area (Å²) in [7, 11) is 1.63. The summed E-state index contributed by atoms with van der Waals surface area (Å²) in [6.45, 7) is 6.55. The zero-order valence-electron chi connectivity index (χ0n) is 10.7. The fraction of sp³-hybridized carbons (Fsp3) is 0.667. The molecule has 0 atom stereocenters. The summed E-state index contributed by atoms with van der Waals surface area (Å²) in [5, 5.41) is 3.38. The second-order valence-electron chi connectivity index (χ2n) is 4.74. The topological polar surface area (TPSA) is 53.5 Å². The Morgan fingerprint density at radius 2 is 2.11 bits per heavy atom. The van der Waals surface area contributed by atoms with Crippen molar-refractivity contribution in [2.24, 2.45) is 0 Å². The van der Waals surface area contributed by atoms with E-state index in [1.54, 1.807) is 19.4 Å². The van der Waals surface area contributed by atoms with E-state index in [1.807, 2.05) is 0 Å². The van der Waals surface area contributed by atoms with Gasteiger partial charge in [0.05, 0.1) is 7.11 Å². The molecular formula is C12H19N5O. The van der Waals surface area contributed by atoms with Gasteiger partial charge in [0.2, 0.25) is 11.8 Å². The zero-order valence-corrected chi connectivity index (χ0v) is 10.7. The molecule has 6 nitrogen and oxygen atoms in total. The second kappa shape index (κ2) is 5.07. The molecule has 3 heterocycles. The van der Waals surface area contributed by atoms with Gasteiger partial charge in [-0.15, -0.1) is 0 Å². The highest BCUT2D eigenvalue weighted by molar-refractivity contribution is 5.36. The predicted molar refractivity (Wildman–Crippen MR) is 69.0 cm³/mol. The second-order valence-corrected chi connectivity index (χ2v) is 4.74. The first-order chi connectivity index (χ1) is 8.86. The van der Waals surface area contributed by atoms with E-state index in [1.165, 1.54) is 0 Å². The number of hydrogen-bond donors (Lipinski definition) is 1. The molecule has 0 spiro atoms. The molecular weight excluding hydrogens is 230 g/mol. The lowest BCUT2D eigenvalue weighted by Crippen LogP contribution is -2.63. The van der Waals surface area contributed by atoms with Crippen molar-refractivity contribution in [2.75, 3.05) is 51.3 Å². The van der Waals surface area contributed by atoms with Crippen molar-refractivity contribution in [3.8, 4) is 5.88 Å². The Balaban J connectivity index is 1.57. The van der Waals surface area contributed by atoms with Crippen LogP contribution >= 0.6 is 0 Å². The van der Waals surface area contributed by atoms with Gasteiger partial charge < -0.3 is 15.0 Å². The third kappa shape index (κ3) is 2.26. The molecule has 2 aliphatic rings. The smallest absolute Gasteiger partial charge is 0.228 e. The number of nitrogens with zero attached hydrogens (tertiary/aromatic N) is 4. The number of piperazine rings is 1. The van der Waals surface area contributed by atoms with Crippen molar-refractivity contribution >= 4 is 5.95 Å². The molecule has 1 aromatic rings. The first-order valence-electron chi connectivity index (χ1n) is 6.43. The molecule has 1 N–H and O–H groups in total. The summed E-state index contributed by atoms with van der Waals surface area (Å²) in [5.41, 5.74) is 0. The van der Waals surface area contributed by atoms with Crippen LogP contribution in [0.2, 0.25) is 0 Å². The van der Waals surface area contributed by atoms with Crippen LogP contribution in [0.3, 0.4) is 0 Å². The summed E-state index contributed by atoms with van der Waals surface area (Å²) in [6, 6.07) is 2.43. The molecule has 1 aromatic heterocycles. The molecule has 18 heavy (non-hydrogen) atoms. The third-order valence-electron chi connectivity index (χ3n) is 3.64. The van der Waals surface area contributed by atoms with Crippen LogP contribution in [0.25, 0.3) is 0 Å². The number of anilines is 1. The van der Waals surface area contributed by atoms with E-state index < -0.39 is 0 Å². The van der Waals surface area contributed by atoms with E-state index in [4.69, 9.17) is 4.74 Å². The summed E-state index contributed by atoms with van der Waals surface area (Å²) in [5.74, 6) is 1.41. The van der Waals surface area contributed by atoms with Crippen LogP contribution in [0.4, 0.5) is 5.95 Å². The number of aromatic nitrogens is 2. The van der Waals surface area contributed by atoms with Gasteiger partial charge in [-0.1, -0.05) is 0 Å². The van der Waals surface area contributed by atoms with E-state index in [0.29, 0.717) is 11.9 Å². The normalized spacial score (nSPS) is 21.7. The van der Waals surface area contributed by atoms with Gasteiger partial charge in [0.25, 0.3) is 0 Å². The maximum atomic E-state index is 5.12. The fourth-order valence-electron chi connectivity index (χ4n) is 2.50. The molecule has 2 saturated heterocycles. The van der Waals surface area contributed by atoms with Crippen molar-refractivity contribution in [3.63, 3.8) is 0 Å². The first-order valence-corrected chi connectivity index (χ1v) is 6.43. The minimum absolute atomic E-state index is 0.630. The highest BCUT2D eigenvalue weighted by atomic mass is 16.5. The highest BCUT2D eigenvalue weighted by Gasteiger charge is 2.33. The lowest BCUT2D eigenvalue weighted by atomic mass is 10.1. The van der Waals surface area contributed by atoms with Crippen LogP contribution in [-0.4, -0.2) is 67.3 Å². The van der Waals surface area contributed by atoms with Gasteiger partial charge in [-0.05, 0) is 0 Å². The van der Waals surface area contributed by atoms with E-state index in [9.17, 15) is 0 Å². The van der Waals surface area contributed by atoms with Gasteiger partial charge >= 0.3 is 0 Å². The van der Waals surface area contributed by atoms with Crippen LogP contribution < -0.4 is 15.0 Å². The van der Waals surface area contributed by atoms with Crippen molar-refractivity contribution < 1.29 is 4.74 Å². The molecule has 3 rings (SSSR count). The Hall–Kier alpha value is -1.40. The zero-order chi connectivity index (χ0) is 12.4. The standard InChI is InChI=1S/C12H19N5O/c1-18-11-2-3-14-12(15-11)17-8-10(9-17)16-6-4-13-5-7-16/h2-3,10,13H,4-9H2,1H3. The Kier molecular flexibility index (Phi) is 3.29. The van der Waals surface area contributed by atoms with Crippen LogP contribution in [0.5, 0.6) is 5.88 Å². The van der Waals surface area contributed by atoms with Crippen molar-refractivity contribution in [3.05, 3.63) is 12.3 Å². The van der Waals surface area contributed by atoms with Crippen molar-refractivity contribution in [1.82, 2.24) is 20.2 Å². The molecule has 0 aromatic carbocycles. The molecule has 0 saturated carbocycles. The van der Waals surface area contributed by atoms with Gasteiger partial charge in [0.15, 0.2) is 0 Å². The van der Waals surface area contributed by atoms with Gasteiger partial charge in [-0.25, -0.2) is 4.98 Å². The van der Waals surface area contributed by atoms with Gasteiger partial charge in [-0.2, -0.15) is 4.98 Å². The van der Waals surface area contributed by atoms with E-state index in [-0.39, 0.29) is 0 Å². The molecule has 0 amide bonds. The molecule has 2 aliphatic heterocycles. The number of hydrogen-bond acceptors (Lipinski definition) is 6. The Bertz CT molecular complexity index is 401. The maximum absolute atomic E-state index is 5.12. The molecule has 0 radical (unpaired) electrons. The quantitative estimate of drug-likeness (QED) is 0.785. The first kappa shape index (κ1) is 11.7.